The summed E-state index contributed by atoms with van der Waals surface area (Å²) in [6.45, 7) is 0.609. The summed E-state index contributed by atoms with van der Waals surface area (Å²) in [4.78, 5) is 0. The van der Waals surface area contributed by atoms with Crippen molar-refractivity contribution < 1.29 is 4.39 Å². The lowest BCUT2D eigenvalue weighted by atomic mass is 10.2. The Morgan fingerprint density at radius 3 is 3.00 bits per heavy atom. The van der Waals surface area contributed by atoms with Gasteiger partial charge in [0.1, 0.15) is 11.5 Å². The molecule has 0 spiro atoms. The predicted molar refractivity (Wildman–Crippen MR) is 66.4 cm³/mol. The zero-order chi connectivity index (χ0) is 12.3. The molecule has 2 aromatic rings. The molecule has 2 rings (SSSR count). The van der Waals surface area contributed by atoms with Crippen LogP contribution in [0.1, 0.15) is 12.1 Å². The van der Waals surface area contributed by atoms with Crippen LogP contribution in [0.15, 0.2) is 28.9 Å². The van der Waals surface area contributed by atoms with Gasteiger partial charge < -0.3 is 5.73 Å². The van der Waals surface area contributed by atoms with Gasteiger partial charge in [0.2, 0.25) is 0 Å². The first kappa shape index (κ1) is 12.2. The second-order valence-corrected chi connectivity index (χ2v) is 4.56. The normalized spacial score (nSPS) is 10.8. The summed E-state index contributed by atoms with van der Waals surface area (Å²) in [7, 11) is 0. The van der Waals surface area contributed by atoms with Crippen LogP contribution >= 0.6 is 15.9 Å². The summed E-state index contributed by atoms with van der Waals surface area (Å²) in [5, 5.41) is 7.88. The highest BCUT2D eigenvalue weighted by atomic mass is 79.9. The number of hydrogen-bond donors (Lipinski definition) is 1. The molecule has 0 aliphatic heterocycles. The van der Waals surface area contributed by atoms with Crippen molar-refractivity contribution >= 4 is 15.9 Å². The van der Waals surface area contributed by atoms with E-state index in [9.17, 15) is 4.39 Å². The number of aryl methyl sites for hydroxylation is 1. The van der Waals surface area contributed by atoms with Crippen LogP contribution in [0, 0.1) is 5.82 Å². The summed E-state index contributed by atoms with van der Waals surface area (Å²) in [5.74, 6) is -0.330. The third-order valence-corrected chi connectivity index (χ3v) is 2.83. The molecule has 4 nitrogen and oxygen atoms in total. The number of nitrogens with zero attached hydrogens (tertiary/aromatic N) is 3. The molecule has 6 heteroatoms. The van der Waals surface area contributed by atoms with Crippen molar-refractivity contribution in [2.45, 2.75) is 12.8 Å². The first-order chi connectivity index (χ1) is 8.20. The van der Waals surface area contributed by atoms with E-state index in [0.717, 1.165) is 23.0 Å². The van der Waals surface area contributed by atoms with Crippen molar-refractivity contribution in [1.82, 2.24) is 15.0 Å². The summed E-state index contributed by atoms with van der Waals surface area (Å²) < 4.78 is 15.8. The lowest BCUT2D eigenvalue weighted by Crippen LogP contribution is -2.00. The number of hydrogen-bond acceptors (Lipinski definition) is 3. The first-order valence-electron chi connectivity index (χ1n) is 5.27. The van der Waals surface area contributed by atoms with Gasteiger partial charge in [-0.05, 0) is 37.6 Å². The van der Waals surface area contributed by atoms with Crippen molar-refractivity contribution in [2.75, 3.05) is 6.54 Å². The highest BCUT2D eigenvalue weighted by Crippen LogP contribution is 2.18. The minimum Gasteiger partial charge on any atom is -0.330 e. The largest absolute Gasteiger partial charge is 0.330 e. The molecular formula is C11H12BrFN4. The Balaban J connectivity index is 2.27. The Bertz CT molecular complexity index is 512. The maximum atomic E-state index is 13.6. The van der Waals surface area contributed by atoms with Gasteiger partial charge in [-0.25, -0.2) is 9.07 Å². The molecule has 0 saturated heterocycles. The monoisotopic (exact) mass is 298 g/mol. The van der Waals surface area contributed by atoms with E-state index in [1.807, 2.05) is 0 Å². The Kier molecular flexibility index (Phi) is 3.86. The molecular weight excluding hydrogens is 287 g/mol. The van der Waals surface area contributed by atoms with E-state index < -0.39 is 0 Å². The van der Waals surface area contributed by atoms with Gasteiger partial charge in [-0.3, -0.25) is 0 Å². The van der Waals surface area contributed by atoms with Gasteiger partial charge in [0.15, 0.2) is 0 Å². The fraction of sp³-hybridized carbons (Fsp3) is 0.273. The van der Waals surface area contributed by atoms with Crippen molar-refractivity contribution in [3.8, 4) is 5.69 Å². The topological polar surface area (TPSA) is 56.7 Å². The van der Waals surface area contributed by atoms with Crippen molar-refractivity contribution in [3.63, 3.8) is 0 Å². The average Bonchev–Trinajstić information content (AvgIpc) is 2.78. The maximum absolute atomic E-state index is 13.6. The van der Waals surface area contributed by atoms with Gasteiger partial charge in [-0.15, -0.1) is 5.10 Å². The van der Waals surface area contributed by atoms with Crippen LogP contribution in [0.5, 0.6) is 0 Å². The summed E-state index contributed by atoms with van der Waals surface area (Å²) >= 11 is 3.30. The number of aromatic nitrogens is 3. The number of rotatable bonds is 4. The number of benzene rings is 1. The van der Waals surface area contributed by atoms with Gasteiger partial charge in [-0.1, -0.05) is 21.1 Å². The molecule has 0 bridgehead atoms. The van der Waals surface area contributed by atoms with Crippen LogP contribution in [0.3, 0.4) is 0 Å². The van der Waals surface area contributed by atoms with E-state index >= 15 is 0 Å². The van der Waals surface area contributed by atoms with Crippen molar-refractivity contribution in [1.29, 1.82) is 0 Å². The quantitative estimate of drug-likeness (QED) is 0.940. The maximum Gasteiger partial charge on any atom is 0.148 e. The molecule has 1 aromatic carbocycles. The Hall–Kier alpha value is -1.27. The molecule has 2 N–H and O–H groups in total. The van der Waals surface area contributed by atoms with Gasteiger partial charge in [0.05, 0.1) is 11.9 Å². The minimum absolute atomic E-state index is 0.330. The third-order valence-electron chi connectivity index (χ3n) is 2.33. The molecule has 0 saturated carbocycles. The number of halogens is 2. The molecule has 0 aliphatic rings. The molecule has 0 aliphatic carbocycles. The summed E-state index contributed by atoms with van der Waals surface area (Å²) in [5.41, 5.74) is 6.61. The predicted octanol–water partition coefficient (Wildman–Crippen LogP) is 2.06. The highest BCUT2D eigenvalue weighted by Gasteiger charge is 2.08. The fourth-order valence-corrected chi connectivity index (χ4v) is 1.82. The number of nitrogens with two attached hydrogens (primary N) is 1. The second kappa shape index (κ2) is 5.37. The molecule has 90 valence electrons. The van der Waals surface area contributed by atoms with Crippen LogP contribution < -0.4 is 5.73 Å². The van der Waals surface area contributed by atoms with Crippen LogP contribution in [0.2, 0.25) is 0 Å². The van der Waals surface area contributed by atoms with Crippen LogP contribution in [0.25, 0.3) is 5.69 Å². The van der Waals surface area contributed by atoms with E-state index in [1.165, 1.54) is 10.7 Å². The Morgan fingerprint density at radius 1 is 1.41 bits per heavy atom. The molecule has 0 fully saturated rings. The van der Waals surface area contributed by atoms with E-state index in [4.69, 9.17) is 5.73 Å². The highest BCUT2D eigenvalue weighted by molar-refractivity contribution is 9.10. The lowest BCUT2D eigenvalue weighted by Gasteiger charge is -2.02. The van der Waals surface area contributed by atoms with Crippen LogP contribution in [-0.4, -0.2) is 21.5 Å². The van der Waals surface area contributed by atoms with Gasteiger partial charge in [0.25, 0.3) is 0 Å². The zero-order valence-electron chi connectivity index (χ0n) is 9.11. The fourth-order valence-electron chi connectivity index (χ4n) is 1.48. The second-order valence-electron chi connectivity index (χ2n) is 3.64. The van der Waals surface area contributed by atoms with Crippen LogP contribution in [0.4, 0.5) is 4.39 Å². The average molecular weight is 299 g/mol. The van der Waals surface area contributed by atoms with E-state index in [2.05, 4.69) is 26.2 Å². The Labute approximate surface area is 107 Å². The molecule has 17 heavy (non-hydrogen) atoms. The summed E-state index contributed by atoms with van der Waals surface area (Å²) in [6, 6.07) is 4.70. The van der Waals surface area contributed by atoms with Crippen molar-refractivity contribution in [2.24, 2.45) is 5.73 Å². The minimum atomic E-state index is -0.330. The lowest BCUT2D eigenvalue weighted by molar-refractivity contribution is 0.606. The SMILES string of the molecule is NCCCc1cn(-c2cc(Br)ccc2F)nn1. The molecule has 0 amide bonds. The molecule has 1 aromatic heterocycles. The van der Waals surface area contributed by atoms with E-state index in [-0.39, 0.29) is 5.82 Å². The van der Waals surface area contributed by atoms with E-state index in [0.29, 0.717) is 12.2 Å². The first-order valence-corrected chi connectivity index (χ1v) is 6.06. The molecule has 0 atom stereocenters. The van der Waals surface area contributed by atoms with Gasteiger partial charge >= 0.3 is 0 Å². The molecule has 1 heterocycles. The van der Waals surface area contributed by atoms with E-state index in [1.54, 1.807) is 18.3 Å². The zero-order valence-corrected chi connectivity index (χ0v) is 10.7. The molecule has 0 unspecified atom stereocenters. The van der Waals surface area contributed by atoms with Crippen molar-refractivity contribution in [3.05, 3.63) is 40.4 Å². The van der Waals surface area contributed by atoms with Gasteiger partial charge in [0, 0.05) is 4.47 Å². The van der Waals surface area contributed by atoms with Crippen LogP contribution in [-0.2, 0) is 6.42 Å². The third kappa shape index (κ3) is 2.89. The Morgan fingerprint density at radius 2 is 2.24 bits per heavy atom. The van der Waals surface area contributed by atoms with Gasteiger partial charge in [-0.2, -0.15) is 0 Å². The standard InChI is InChI=1S/C11H12BrFN4/c12-8-3-4-10(13)11(6-8)17-7-9(15-16-17)2-1-5-14/h3-4,6-7H,1-2,5,14H2. The summed E-state index contributed by atoms with van der Waals surface area (Å²) in [6.07, 6.45) is 3.33. The smallest absolute Gasteiger partial charge is 0.148 e. The molecule has 0 radical (unpaired) electrons.